The van der Waals surface area contributed by atoms with Crippen LogP contribution in [0, 0.1) is 6.92 Å². The average molecular weight is 231 g/mol. The maximum absolute atomic E-state index is 6.48. The fraction of sp³-hybridized carbons (Fsp3) is 0.583. The first-order valence-corrected chi connectivity index (χ1v) is 6.16. The minimum Gasteiger partial charge on any atom is -0.321 e. The van der Waals surface area contributed by atoms with Crippen molar-refractivity contribution in [2.75, 3.05) is 0 Å². The van der Waals surface area contributed by atoms with E-state index in [0.717, 1.165) is 24.2 Å². The van der Waals surface area contributed by atoms with Gasteiger partial charge >= 0.3 is 0 Å². The summed E-state index contributed by atoms with van der Waals surface area (Å²) in [6.45, 7) is 1.87. The maximum atomic E-state index is 6.48. The van der Waals surface area contributed by atoms with Crippen molar-refractivity contribution in [3.8, 4) is 0 Å². The van der Waals surface area contributed by atoms with Crippen LogP contribution in [0.1, 0.15) is 43.5 Å². The highest BCUT2D eigenvalue weighted by Gasteiger charge is 2.30. The predicted molar refractivity (Wildman–Crippen MR) is 64.5 cm³/mol. The Balaban J connectivity index is 2.04. The van der Waals surface area contributed by atoms with Crippen LogP contribution in [-0.4, -0.2) is 19.6 Å². The first kappa shape index (κ1) is 10.7. The standard InChI is InChI=1S/C12H17N5/c1-9-15-11-14-7-10(8-17(11)16-9)12(13)5-3-2-4-6-12/h7-8H,2-6,13H2,1H3. The van der Waals surface area contributed by atoms with Crippen LogP contribution in [0.3, 0.4) is 0 Å². The third-order valence-electron chi connectivity index (χ3n) is 3.62. The molecule has 5 nitrogen and oxygen atoms in total. The lowest BCUT2D eigenvalue weighted by atomic mass is 9.78. The Hall–Kier alpha value is -1.49. The van der Waals surface area contributed by atoms with Crippen molar-refractivity contribution in [2.45, 2.75) is 44.6 Å². The molecule has 5 heteroatoms. The van der Waals surface area contributed by atoms with Gasteiger partial charge in [-0.2, -0.15) is 10.1 Å². The molecule has 1 aliphatic rings. The molecule has 90 valence electrons. The molecule has 3 rings (SSSR count). The van der Waals surface area contributed by atoms with Crippen LogP contribution in [0.15, 0.2) is 12.4 Å². The Labute approximate surface area is 100 Å². The molecule has 0 unspecified atom stereocenters. The Morgan fingerprint density at radius 1 is 1.29 bits per heavy atom. The zero-order valence-corrected chi connectivity index (χ0v) is 10.1. The molecule has 2 aromatic heterocycles. The molecule has 2 aromatic rings. The van der Waals surface area contributed by atoms with Crippen LogP contribution in [-0.2, 0) is 5.54 Å². The second-order valence-electron chi connectivity index (χ2n) is 4.96. The van der Waals surface area contributed by atoms with Crippen molar-refractivity contribution in [1.29, 1.82) is 0 Å². The van der Waals surface area contributed by atoms with Crippen molar-refractivity contribution in [2.24, 2.45) is 5.73 Å². The molecule has 0 amide bonds. The van der Waals surface area contributed by atoms with Crippen molar-refractivity contribution in [3.05, 3.63) is 23.8 Å². The number of rotatable bonds is 1. The summed E-state index contributed by atoms with van der Waals surface area (Å²) in [5, 5.41) is 4.29. The van der Waals surface area contributed by atoms with Crippen molar-refractivity contribution in [1.82, 2.24) is 19.6 Å². The van der Waals surface area contributed by atoms with Crippen LogP contribution in [0.25, 0.3) is 5.78 Å². The van der Waals surface area contributed by atoms with Crippen LogP contribution >= 0.6 is 0 Å². The van der Waals surface area contributed by atoms with Gasteiger partial charge in [0.1, 0.15) is 5.82 Å². The number of nitrogens with two attached hydrogens (primary N) is 1. The summed E-state index contributed by atoms with van der Waals surface area (Å²) < 4.78 is 1.73. The number of hydrogen-bond acceptors (Lipinski definition) is 4. The summed E-state index contributed by atoms with van der Waals surface area (Å²) in [4.78, 5) is 8.55. The summed E-state index contributed by atoms with van der Waals surface area (Å²) in [6.07, 6.45) is 9.59. The van der Waals surface area contributed by atoms with E-state index in [9.17, 15) is 0 Å². The van der Waals surface area contributed by atoms with Gasteiger partial charge in [0.05, 0.1) is 0 Å². The lowest BCUT2D eigenvalue weighted by Gasteiger charge is -2.33. The van der Waals surface area contributed by atoms with E-state index < -0.39 is 0 Å². The zero-order valence-electron chi connectivity index (χ0n) is 10.1. The summed E-state index contributed by atoms with van der Waals surface area (Å²) in [5.74, 6) is 1.38. The Morgan fingerprint density at radius 2 is 2.06 bits per heavy atom. The third-order valence-corrected chi connectivity index (χ3v) is 3.62. The Morgan fingerprint density at radius 3 is 2.82 bits per heavy atom. The fourth-order valence-electron chi connectivity index (χ4n) is 2.61. The molecule has 0 aromatic carbocycles. The van der Waals surface area contributed by atoms with Crippen LogP contribution < -0.4 is 5.73 Å². The van der Waals surface area contributed by atoms with Crippen LogP contribution in [0.5, 0.6) is 0 Å². The van der Waals surface area contributed by atoms with Gasteiger partial charge in [-0.15, -0.1) is 0 Å². The second-order valence-corrected chi connectivity index (χ2v) is 4.96. The van der Waals surface area contributed by atoms with Gasteiger partial charge in [0.25, 0.3) is 5.78 Å². The zero-order chi connectivity index (χ0) is 11.9. The molecule has 1 aliphatic carbocycles. The molecule has 0 atom stereocenters. The third kappa shape index (κ3) is 1.80. The SMILES string of the molecule is Cc1nc2ncc(C3(N)CCCCC3)cn2n1. The Bertz CT molecular complexity index is 539. The summed E-state index contributed by atoms with van der Waals surface area (Å²) in [5.41, 5.74) is 7.33. The first-order valence-electron chi connectivity index (χ1n) is 6.16. The van der Waals surface area contributed by atoms with Gasteiger partial charge in [-0.25, -0.2) is 9.50 Å². The molecule has 1 fully saturated rings. The molecule has 17 heavy (non-hydrogen) atoms. The van der Waals surface area contributed by atoms with E-state index in [1.54, 1.807) is 4.52 Å². The average Bonchev–Trinajstić information content (AvgIpc) is 2.69. The molecule has 0 saturated heterocycles. The van der Waals surface area contributed by atoms with Crippen molar-refractivity contribution >= 4 is 5.78 Å². The van der Waals surface area contributed by atoms with E-state index in [0.29, 0.717) is 5.78 Å². The first-order chi connectivity index (χ1) is 8.17. The van der Waals surface area contributed by atoms with Gasteiger partial charge < -0.3 is 5.73 Å². The van der Waals surface area contributed by atoms with Gasteiger partial charge in [0.15, 0.2) is 0 Å². The summed E-state index contributed by atoms with van der Waals surface area (Å²) in [7, 11) is 0. The number of nitrogens with zero attached hydrogens (tertiary/aromatic N) is 4. The van der Waals surface area contributed by atoms with Crippen molar-refractivity contribution < 1.29 is 0 Å². The smallest absolute Gasteiger partial charge is 0.252 e. The Kier molecular flexibility index (Phi) is 2.36. The van der Waals surface area contributed by atoms with Crippen molar-refractivity contribution in [3.63, 3.8) is 0 Å². The molecule has 0 bridgehead atoms. The highest BCUT2D eigenvalue weighted by Crippen LogP contribution is 2.34. The van der Waals surface area contributed by atoms with E-state index in [4.69, 9.17) is 5.73 Å². The highest BCUT2D eigenvalue weighted by molar-refractivity contribution is 5.30. The second kappa shape index (κ2) is 3.77. The van der Waals surface area contributed by atoms with E-state index >= 15 is 0 Å². The van der Waals surface area contributed by atoms with E-state index in [-0.39, 0.29) is 5.54 Å². The molecule has 0 radical (unpaired) electrons. The molecular weight excluding hydrogens is 214 g/mol. The monoisotopic (exact) mass is 231 g/mol. The number of aromatic nitrogens is 4. The lowest BCUT2D eigenvalue weighted by Crippen LogP contribution is -2.38. The quantitative estimate of drug-likeness (QED) is 0.808. The van der Waals surface area contributed by atoms with Crippen LogP contribution in [0.2, 0.25) is 0 Å². The molecule has 2 heterocycles. The highest BCUT2D eigenvalue weighted by atomic mass is 15.3. The summed E-state index contributed by atoms with van der Waals surface area (Å²) >= 11 is 0. The molecular formula is C12H17N5. The minimum absolute atomic E-state index is 0.223. The predicted octanol–water partition coefficient (Wildman–Crippen LogP) is 1.55. The number of fused-ring (bicyclic) bond motifs is 1. The number of aryl methyl sites for hydroxylation is 1. The molecule has 1 saturated carbocycles. The van der Waals surface area contributed by atoms with Gasteiger partial charge in [0.2, 0.25) is 0 Å². The lowest BCUT2D eigenvalue weighted by molar-refractivity contribution is 0.300. The normalized spacial score (nSPS) is 19.6. The van der Waals surface area contributed by atoms with Gasteiger partial charge in [-0.3, -0.25) is 0 Å². The van der Waals surface area contributed by atoms with E-state index in [1.165, 1.54) is 19.3 Å². The fourth-order valence-corrected chi connectivity index (χ4v) is 2.61. The minimum atomic E-state index is -0.223. The van der Waals surface area contributed by atoms with Crippen LogP contribution in [0.4, 0.5) is 0 Å². The largest absolute Gasteiger partial charge is 0.321 e. The van der Waals surface area contributed by atoms with Gasteiger partial charge in [-0.05, 0) is 19.8 Å². The maximum Gasteiger partial charge on any atom is 0.252 e. The topological polar surface area (TPSA) is 69.1 Å². The van der Waals surface area contributed by atoms with Gasteiger partial charge in [-0.1, -0.05) is 19.3 Å². The summed E-state index contributed by atoms with van der Waals surface area (Å²) in [6, 6.07) is 0. The molecule has 2 N–H and O–H groups in total. The van der Waals surface area contributed by atoms with E-state index in [1.807, 2.05) is 19.3 Å². The molecule has 0 aliphatic heterocycles. The van der Waals surface area contributed by atoms with E-state index in [2.05, 4.69) is 15.1 Å². The number of hydrogen-bond donors (Lipinski definition) is 1. The molecule has 0 spiro atoms. The van der Waals surface area contributed by atoms with Gasteiger partial charge in [0, 0.05) is 23.5 Å².